The van der Waals surface area contributed by atoms with Crippen molar-refractivity contribution in [2.45, 2.75) is 12.5 Å². The van der Waals surface area contributed by atoms with Crippen LogP contribution in [0, 0.1) is 23.0 Å². The standard InChI is InChI=1S/C18H13ClF2N4O/c19-11-6-7-23-14(8-22)16(11)10-4-5-15(24-9-10)25-18(26)17-12(20)2-1-3-13(17)21/h1-5,9,14,23H,6-7H2,(H,24,25,26). The molecule has 8 heteroatoms. The second-order valence-electron chi connectivity index (χ2n) is 5.57. The zero-order valence-corrected chi connectivity index (χ0v) is 14.1. The molecule has 132 valence electrons. The Morgan fingerprint density at radius 1 is 1.31 bits per heavy atom. The van der Waals surface area contributed by atoms with Gasteiger partial charge in [0.25, 0.3) is 5.91 Å². The van der Waals surface area contributed by atoms with E-state index in [-0.39, 0.29) is 5.82 Å². The molecule has 0 aliphatic carbocycles. The first-order valence-corrected chi connectivity index (χ1v) is 8.12. The topological polar surface area (TPSA) is 77.8 Å². The zero-order chi connectivity index (χ0) is 18.7. The molecule has 1 aliphatic rings. The summed E-state index contributed by atoms with van der Waals surface area (Å²) < 4.78 is 27.3. The van der Waals surface area contributed by atoms with Crippen LogP contribution < -0.4 is 10.6 Å². The molecule has 1 aliphatic heterocycles. The molecule has 0 saturated carbocycles. The third-order valence-corrected chi connectivity index (χ3v) is 4.30. The first-order chi connectivity index (χ1) is 12.5. The van der Waals surface area contributed by atoms with Gasteiger partial charge in [-0.05, 0) is 36.2 Å². The van der Waals surface area contributed by atoms with Crippen molar-refractivity contribution in [1.29, 1.82) is 5.26 Å². The number of benzene rings is 1. The molecule has 1 aromatic carbocycles. The van der Waals surface area contributed by atoms with Crippen molar-refractivity contribution >= 4 is 28.9 Å². The summed E-state index contributed by atoms with van der Waals surface area (Å²) in [4.78, 5) is 16.2. The summed E-state index contributed by atoms with van der Waals surface area (Å²) in [5.41, 5.74) is 0.583. The lowest BCUT2D eigenvalue weighted by molar-refractivity contribution is 0.101. The molecule has 2 N–H and O–H groups in total. The Balaban J connectivity index is 1.82. The number of anilines is 1. The number of carbonyl (C=O) groups excluding carboxylic acids is 1. The Kier molecular flexibility index (Phi) is 5.26. The molecule has 1 unspecified atom stereocenters. The van der Waals surface area contributed by atoms with Gasteiger partial charge in [-0.3, -0.25) is 10.1 Å². The maximum atomic E-state index is 13.7. The lowest BCUT2D eigenvalue weighted by Crippen LogP contribution is -2.34. The number of hydrogen-bond donors (Lipinski definition) is 2. The summed E-state index contributed by atoms with van der Waals surface area (Å²) in [7, 11) is 0. The summed E-state index contributed by atoms with van der Waals surface area (Å²) in [6.45, 7) is 0.607. The van der Waals surface area contributed by atoms with E-state index < -0.39 is 29.1 Å². The van der Waals surface area contributed by atoms with Gasteiger partial charge in [0.2, 0.25) is 0 Å². The van der Waals surface area contributed by atoms with E-state index >= 15 is 0 Å². The Morgan fingerprint density at radius 3 is 2.65 bits per heavy atom. The highest BCUT2D eigenvalue weighted by molar-refractivity contribution is 6.33. The molecule has 2 aromatic rings. The average molecular weight is 375 g/mol. The minimum absolute atomic E-state index is 0.121. The molecule has 0 saturated heterocycles. The number of nitrogens with zero attached hydrogens (tertiary/aromatic N) is 2. The van der Waals surface area contributed by atoms with E-state index in [1.807, 2.05) is 0 Å². The molecule has 26 heavy (non-hydrogen) atoms. The summed E-state index contributed by atoms with van der Waals surface area (Å²) in [5.74, 6) is -2.73. The Morgan fingerprint density at radius 2 is 2.04 bits per heavy atom. The third-order valence-electron chi connectivity index (χ3n) is 3.91. The van der Waals surface area contributed by atoms with Crippen LogP contribution in [0.3, 0.4) is 0 Å². The first kappa shape index (κ1) is 18.0. The smallest absolute Gasteiger partial charge is 0.262 e. The molecular weight excluding hydrogens is 362 g/mol. The normalized spacial score (nSPS) is 16.9. The van der Waals surface area contributed by atoms with Crippen LogP contribution in [0.2, 0.25) is 0 Å². The van der Waals surface area contributed by atoms with E-state index in [0.717, 1.165) is 12.1 Å². The monoisotopic (exact) mass is 374 g/mol. The summed E-state index contributed by atoms with van der Waals surface area (Å²) in [6.07, 6.45) is 2.04. The van der Waals surface area contributed by atoms with Crippen LogP contribution in [0.15, 0.2) is 41.6 Å². The van der Waals surface area contributed by atoms with Crippen LogP contribution in [0.4, 0.5) is 14.6 Å². The molecule has 1 aromatic heterocycles. The van der Waals surface area contributed by atoms with Gasteiger partial charge in [-0.15, -0.1) is 0 Å². The molecule has 0 spiro atoms. The molecule has 1 amide bonds. The van der Waals surface area contributed by atoms with Gasteiger partial charge >= 0.3 is 0 Å². The molecule has 0 bridgehead atoms. The average Bonchev–Trinajstić information content (AvgIpc) is 2.62. The van der Waals surface area contributed by atoms with E-state index in [9.17, 15) is 18.8 Å². The molecule has 1 atom stereocenters. The third kappa shape index (κ3) is 3.57. The molecule has 0 fully saturated rings. The quantitative estimate of drug-likeness (QED) is 0.862. The first-order valence-electron chi connectivity index (χ1n) is 7.74. The highest BCUT2D eigenvalue weighted by Crippen LogP contribution is 2.29. The Hall–Kier alpha value is -2.82. The van der Waals surface area contributed by atoms with Crippen molar-refractivity contribution in [3.8, 4) is 6.07 Å². The van der Waals surface area contributed by atoms with Gasteiger partial charge in [0, 0.05) is 23.3 Å². The number of amides is 1. The van der Waals surface area contributed by atoms with Crippen molar-refractivity contribution in [3.63, 3.8) is 0 Å². The lowest BCUT2D eigenvalue weighted by atomic mass is 9.96. The van der Waals surface area contributed by atoms with Gasteiger partial charge in [0.05, 0.1) is 6.07 Å². The number of rotatable bonds is 3. The Labute approximate surface area is 153 Å². The summed E-state index contributed by atoms with van der Waals surface area (Å²) >= 11 is 6.24. The Bertz CT molecular complexity index is 902. The minimum atomic E-state index is -0.957. The van der Waals surface area contributed by atoms with Gasteiger partial charge in [-0.25, -0.2) is 13.8 Å². The largest absolute Gasteiger partial charge is 0.306 e. The summed E-state index contributed by atoms with van der Waals surface area (Å²) in [5, 5.41) is 15.2. The molecule has 3 rings (SSSR count). The molecule has 0 radical (unpaired) electrons. The van der Waals surface area contributed by atoms with E-state index in [4.69, 9.17) is 11.6 Å². The van der Waals surface area contributed by atoms with Crippen molar-refractivity contribution < 1.29 is 13.6 Å². The molecule has 2 heterocycles. The van der Waals surface area contributed by atoms with Crippen LogP contribution in [0.5, 0.6) is 0 Å². The fourth-order valence-corrected chi connectivity index (χ4v) is 2.99. The summed E-state index contributed by atoms with van der Waals surface area (Å²) in [6, 6.07) is 7.87. The number of hydrogen-bond acceptors (Lipinski definition) is 4. The predicted molar refractivity (Wildman–Crippen MR) is 93.3 cm³/mol. The van der Waals surface area contributed by atoms with Gasteiger partial charge < -0.3 is 5.32 Å². The molecule has 5 nitrogen and oxygen atoms in total. The van der Waals surface area contributed by atoms with Gasteiger partial charge in [-0.1, -0.05) is 17.7 Å². The zero-order valence-electron chi connectivity index (χ0n) is 13.4. The highest BCUT2D eigenvalue weighted by atomic mass is 35.5. The number of halogens is 3. The number of aromatic nitrogens is 1. The van der Waals surface area contributed by atoms with Crippen molar-refractivity contribution in [2.75, 3.05) is 11.9 Å². The second kappa shape index (κ2) is 7.60. The van der Waals surface area contributed by atoms with Gasteiger partial charge in [-0.2, -0.15) is 5.26 Å². The van der Waals surface area contributed by atoms with Crippen LogP contribution in [0.1, 0.15) is 22.3 Å². The predicted octanol–water partition coefficient (Wildman–Crippen LogP) is 3.45. The van der Waals surface area contributed by atoms with Crippen LogP contribution in [0.25, 0.3) is 5.57 Å². The fraction of sp³-hybridized carbons (Fsp3) is 0.167. The minimum Gasteiger partial charge on any atom is -0.306 e. The van der Waals surface area contributed by atoms with Crippen molar-refractivity contribution in [2.24, 2.45) is 0 Å². The molecular formula is C18H13ClF2N4O. The number of nitrogens with one attached hydrogen (secondary N) is 2. The maximum Gasteiger partial charge on any atom is 0.262 e. The van der Waals surface area contributed by atoms with Gasteiger partial charge in [0.15, 0.2) is 0 Å². The van der Waals surface area contributed by atoms with E-state index in [1.54, 1.807) is 6.07 Å². The van der Waals surface area contributed by atoms with Crippen LogP contribution in [-0.2, 0) is 0 Å². The number of carbonyl (C=O) groups is 1. The lowest BCUT2D eigenvalue weighted by Gasteiger charge is -2.22. The SMILES string of the molecule is N#CC1NCCC(Cl)=C1c1ccc(NC(=O)c2c(F)cccc2F)nc1. The van der Waals surface area contributed by atoms with Crippen molar-refractivity contribution in [3.05, 3.63) is 64.3 Å². The van der Waals surface area contributed by atoms with Gasteiger partial charge in [0.1, 0.15) is 29.1 Å². The number of nitriles is 1. The second-order valence-corrected chi connectivity index (χ2v) is 6.02. The van der Waals surface area contributed by atoms with E-state index in [1.165, 1.54) is 18.3 Å². The van der Waals surface area contributed by atoms with Crippen molar-refractivity contribution in [1.82, 2.24) is 10.3 Å². The number of pyridine rings is 1. The van der Waals surface area contributed by atoms with Crippen LogP contribution in [-0.4, -0.2) is 23.5 Å². The van der Waals surface area contributed by atoms with Crippen LogP contribution >= 0.6 is 11.6 Å². The fourth-order valence-electron chi connectivity index (χ4n) is 2.67. The highest BCUT2D eigenvalue weighted by Gasteiger charge is 2.23. The van der Waals surface area contributed by atoms with E-state index in [0.29, 0.717) is 29.1 Å². The van der Waals surface area contributed by atoms with E-state index in [2.05, 4.69) is 21.7 Å². The maximum absolute atomic E-state index is 13.7.